The first-order chi connectivity index (χ1) is 7.29. The van der Waals surface area contributed by atoms with Crippen LogP contribution in [0.3, 0.4) is 0 Å². The number of cyclic esters (lactones) is 1. The average Bonchev–Trinajstić information content (AvgIpc) is 2.66. The molecule has 1 heterocycles. The molecule has 1 aliphatic heterocycles. The molecule has 2 rings (SSSR count). The summed E-state index contributed by atoms with van der Waals surface area (Å²) in [6.07, 6.45) is 0.0803. The largest absolute Gasteiger partial charge is 0.479 e. The van der Waals surface area contributed by atoms with Crippen LogP contribution in [-0.2, 0) is 9.53 Å². The fraction of sp³-hybridized carbons (Fsp3) is 0.273. The fourth-order valence-corrected chi connectivity index (χ4v) is 1.36. The van der Waals surface area contributed by atoms with E-state index in [9.17, 15) is 4.79 Å². The van der Waals surface area contributed by atoms with Crippen LogP contribution >= 0.6 is 0 Å². The van der Waals surface area contributed by atoms with Gasteiger partial charge in [0.15, 0.2) is 6.10 Å². The van der Waals surface area contributed by atoms with Crippen molar-refractivity contribution in [3.05, 3.63) is 29.8 Å². The molecule has 0 radical (unpaired) electrons. The Morgan fingerprint density at radius 2 is 2.13 bits per heavy atom. The molecule has 0 aromatic heterocycles. The van der Waals surface area contributed by atoms with Gasteiger partial charge in [0.1, 0.15) is 5.75 Å². The van der Waals surface area contributed by atoms with Crippen LogP contribution in [0.2, 0.25) is 0 Å². The van der Waals surface area contributed by atoms with E-state index in [0.29, 0.717) is 24.3 Å². The molecule has 1 saturated heterocycles. The molecular formula is C11H9NO3. The van der Waals surface area contributed by atoms with Crippen LogP contribution in [0, 0.1) is 11.3 Å². The fourth-order valence-electron chi connectivity index (χ4n) is 1.36. The molecule has 15 heavy (non-hydrogen) atoms. The second-order valence-electron chi connectivity index (χ2n) is 3.20. The van der Waals surface area contributed by atoms with Gasteiger partial charge in [-0.05, 0) is 24.3 Å². The lowest BCUT2D eigenvalue weighted by Crippen LogP contribution is -2.21. The van der Waals surface area contributed by atoms with Crippen molar-refractivity contribution in [2.45, 2.75) is 12.5 Å². The first-order valence-corrected chi connectivity index (χ1v) is 4.63. The summed E-state index contributed by atoms with van der Waals surface area (Å²) in [6.45, 7) is 0.416. The summed E-state index contributed by atoms with van der Waals surface area (Å²) in [5.74, 6) is 0.261. The second-order valence-corrected chi connectivity index (χ2v) is 3.20. The van der Waals surface area contributed by atoms with Crippen molar-refractivity contribution in [1.82, 2.24) is 0 Å². The van der Waals surface area contributed by atoms with Gasteiger partial charge in [-0.15, -0.1) is 0 Å². The van der Waals surface area contributed by atoms with E-state index in [1.807, 2.05) is 6.07 Å². The lowest BCUT2D eigenvalue weighted by molar-refractivity contribution is -0.143. The number of hydrogen-bond donors (Lipinski definition) is 0. The number of nitriles is 1. The summed E-state index contributed by atoms with van der Waals surface area (Å²) in [4.78, 5) is 11.1. The van der Waals surface area contributed by atoms with Crippen LogP contribution in [0.15, 0.2) is 24.3 Å². The number of benzene rings is 1. The lowest BCUT2D eigenvalue weighted by Gasteiger charge is -2.09. The Labute approximate surface area is 87.0 Å². The molecular weight excluding hydrogens is 194 g/mol. The molecule has 4 heteroatoms. The number of carbonyl (C=O) groups excluding carboxylic acids is 1. The topological polar surface area (TPSA) is 59.3 Å². The summed E-state index contributed by atoms with van der Waals surface area (Å²) >= 11 is 0. The Kier molecular flexibility index (Phi) is 2.55. The van der Waals surface area contributed by atoms with Crippen molar-refractivity contribution in [3.8, 4) is 11.8 Å². The van der Waals surface area contributed by atoms with E-state index in [4.69, 9.17) is 14.7 Å². The van der Waals surface area contributed by atoms with Gasteiger partial charge in [0.25, 0.3) is 0 Å². The first-order valence-electron chi connectivity index (χ1n) is 4.63. The average molecular weight is 203 g/mol. The predicted octanol–water partition coefficient (Wildman–Crippen LogP) is 1.25. The number of nitrogens with zero attached hydrogens (tertiary/aromatic N) is 1. The normalized spacial score (nSPS) is 19.4. The van der Waals surface area contributed by atoms with Crippen molar-refractivity contribution in [2.75, 3.05) is 6.61 Å². The highest BCUT2D eigenvalue weighted by atomic mass is 16.6. The van der Waals surface area contributed by atoms with Gasteiger partial charge < -0.3 is 9.47 Å². The van der Waals surface area contributed by atoms with E-state index in [0.717, 1.165) is 0 Å². The monoisotopic (exact) mass is 203 g/mol. The van der Waals surface area contributed by atoms with Crippen molar-refractivity contribution in [3.63, 3.8) is 0 Å². The third-order valence-electron chi connectivity index (χ3n) is 2.15. The molecule has 0 spiro atoms. The van der Waals surface area contributed by atoms with E-state index >= 15 is 0 Å². The number of carbonyl (C=O) groups is 1. The third-order valence-corrected chi connectivity index (χ3v) is 2.15. The van der Waals surface area contributed by atoms with Crippen molar-refractivity contribution in [1.29, 1.82) is 5.26 Å². The standard InChI is InChI=1S/C11H9NO3/c12-7-8-1-3-9(4-2-8)15-10-5-6-14-11(10)13/h1-4,10H,5-6H2. The zero-order valence-electron chi connectivity index (χ0n) is 7.97. The minimum atomic E-state index is -0.502. The van der Waals surface area contributed by atoms with Gasteiger partial charge >= 0.3 is 5.97 Å². The molecule has 0 N–H and O–H groups in total. The molecule has 1 aromatic carbocycles. The van der Waals surface area contributed by atoms with Crippen LogP contribution in [0.4, 0.5) is 0 Å². The molecule has 0 bridgehead atoms. The third kappa shape index (κ3) is 2.08. The van der Waals surface area contributed by atoms with Crippen molar-refractivity contribution < 1.29 is 14.3 Å². The van der Waals surface area contributed by atoms with Crippen LogP contribution in [0.1, 0.15) is 12.0 Å². The summed E-state index contributed by atoms with van der Waals surface area (Å²) in [6, 6.07) is 8.65. The second kappa shape index (κ2) is 4.01. The Morgan fingerprint density at radius 1 is 1.40 bits per heavy atom. The van der Waals surface area contributed by atoms with Crippen LogP contribution in [0.5, 0.6) is 5.75 Å². The van der Waals surface area contributed by atoms with Crippen LogP contribution < -0.4 is 4.74 Å². The first kappa shape index (κ1) is 9.53. The van der Waals surface area contributed by atoms with Gasteiger partial charge in [-0.2, -0.15) is 5.26 Å². The zero-order chi connectivity index (χ0) is 10.7. The molecule has 1 fully saturated rings. The smallest absolute Gasteiger partial charge is 0.347 e. The maximum Gasteiger partial charge on any atom is 0.347 e. The number of esters is 1. The highest BCUT2D eigenvalue weighted by Gasteiger charge is 2.28. The Morgan fingerprint density at radius 3 is 2.67 bits per heavy atom. The minimum absolute atomic E-state index is 0.320. The van der Waals surface area contributed by atoms with Crippen molar-refractivity contribution in [2.24, 2.45) is 0 Å². The van der Waals surface area contributed by atoms with Gasteiger partial charge in [-0.25, -0.2) is 4.79 Å². The molecule has 0 saturated carbocycles. The molecule has 1 aromatic rings. The summed E-state index contributed by atoms with van der Waals surface area (Å²) in [5, 5.41) is 8.59. The Hall–Kier alpha value is -2.02. The van der Waals surface area contributed by atoms with Gasteiger partial charge in [0.05, 0.1) is 18.2 Å². The van der Waals surface area contributed by atoms with Gasteiger partial charge in [-0.1, -0.05) is 0 Å². The number of rotatable bonds is 2. The van der Waals surface area contributed by atoms with E-state index in [1.165, 1.54) is 0 Å². The van der Waals surface area contributed by atoms with E-state index < -0.39 is 6.10 Å². The zero-order valence-corrected chi connectivity index (χ0v) is 7.97. The highest BCUT2D eigenvalue weighted by molar-refractivity contribution is 5.76. The van der Waals surface area contributed by atoms with Crippen LogP contribution in [-0.4, -0.2) is 18.7 Å². The number of ether oxygens (including phenoxy) is 2. The van der Waals surface area contributed by atoms with Gasteiger partial charge in [0.2, 0.25) is 0 Å². The molecule has 0 amide bonds. The summed E-state index contributed by atoms with van der Waals surface area (Å²) < 4.78 is 10.2. The van der Waals surface area contributed by atoms with Gasteiger partial charge in [0, 0.05) is 6.42 Å². The van der Waals surface area contributed by atoms with Crippen molar-refractivity contribution >= 4 is 5.97 Å². The van der Waals surface area contributed by atoms with E-state index in [-0.39, 0.29) is 5.97 Å². The van der Waals surface area contributed by atoms with Gasteiger partial charge in [-0.3, -0.25) is 0 Å². The molecule has 1 atom stereocenters. The van der Waals surface area contributed by atoms with E-state index in [1.54, 1.807) is 24.3 Å². The molecule has 76 valence electrons. The van der Waals surface area contributed by atoms with Crippen LogP contribution in [0.25, 0.3) is 0 Å². The number of hydrogen-bond acceptors (Lipinski definition) is 4. The van der Waals surface area contributed by atoms with E-state index in [2.05, 4.69) is 0 Å². The maximum absolute atomic E-state index is 11.1. The Balaban J connectivity index is 2.05. The quantitative estimate of drug-likeness (QED) is 0.679. The summed E-state index contributed by atoms with van der Waals surface area (Å²) in [5.41, 5.74) is 0.566. The molecule has 0 aliphatic carbocycles. The highest BCUT2D eigenvalue weighted by Crippen LogP contribution is 2.17. The predicted molar refractivity (Wildman–Crippen MR) is 51.1 cm³/mol. The maximum atomic E-state index is 11.1. The minimum Gasteiger partial charge on any atom is -0.479 e. The molecule has 4 nitrogen and oxygen atoms in total. The Bertz CT molecular complexity index is 405. The molecule has 1 unspecified atom stereocenters. The summed E-state index contributed by atoms with van der Waals surface area (Å²) in [7, 11) is 0. The SMILES string of the molecule is N#Cc1ccc(OC2CCOC2=O)cc1. The lowest BCUT2D eigenvalue weighted by atomic mass is 10.2. The molecule has 1 aliphatic rings.